The summed E-state index contributed by atoms with van der Waals surface area (Å²) in [6, 6.07) is 1.94. The van der Waals surface area contributed by atoms with Gasteiger partial charge in [0.1, 0.15) is 11.6 Å². The molecule has 168 valence electrons. The minimum Gasteiger partial charge on any atom is -0.372 e. The van der Waals surface area contributed by atoms with Gasteiger partial charge >= 0.3 is 0 Å². The zero-order chi connectivity index (χ0) is 22.5. The number of piperidine rings is 1. The van der Waals surface area contributed by atoms with Gasteiger partial charge in [-0.3, -0.25) is 0 Å². The molecule has 4 heterocycles. The molecule has 0 aromatic carbocycles. The number of hydrogen-bond donors (Lipinski definition) is 1. The number of nitrogens with one attached hydrogen (secondary N) is 1. The lowest BCUT2D eigenvalue weighted by Gasteiger charge is -2.33. The third kappa shape index (κ3) is 5.15. The lowest BCUT2D eigenvalue weighted by atomic mass is 9.93. The number of rotatable bonds is 8. The predicted molar refractivity (Wildman–Crippen MR) is 129 cm³/mol. The van der Waals surface area contributed by atoms with Crippen molar-refractivity contribution in [2.45, 2.75) is 45.1 Å². The van der Waals surface area contributed by atoms with E-state index in [1.165, 1.54) is 0 Å². The molecule has 2 saturated heterocycles. The zero-order valence-electron chi connectivity index (χ0n) is 19.0. The van der Waals surface area contributed by atoms with Crippen molar-refractivity contribution in [3.63, 3.8) is 0 Å². The van der Waals surface area contributed by atoms with Gasteiger partial charge in [0.25, 0.3) is 0 Å². The maximum absolute atomic E-state index is 4.68. The van der Waals surface area contributed by atoms with Crippen LogP contribution in [0, 0.1) is 5.92 Å². The molecule has 0 bridgehead atoms. The van der Waals surface area contributed by atoms with Crippen molar-refractivity contribution in [2.75, 3.05) is 29.9 Å². The van der Waals surface area contributed by atoms with Crippen LogP contribution in [0.1, 0.15) is 50.0 Å². The number of aromatic nitrogens is 4. The Labute approximate surface area is 191 Å². The molecule has 0 amide bonds. The molecule has 0 spiro atoms. The maximum Gasteiger partial charge on any atom is 0.225 e. The average Bonchev–Trinajstić information content (AvgIpc) is 3.25. The van der Waals surface area contributed by atoms with Gasteiger partial charge in [-0.05, 0) is 50.7 Å². The first-order valence-corrected chi connectivity index (χ1v) is 11.5. The summed E-state index contributed by atoms with van der Waals surface area (Å²) < 4.78 is 0. The molecule has 2 aromatic rings. The highest BCUT2D eigenvalue weighted by molar-refractivity contribution is 5.49. The zero-order valence-corrected chi connectivity index (χ0v) is 19.0. The molecular formula is C25H33N7. The minimum atomic E-state index is 0.00855. The second kappa shape index (κ2) is 9.94. The summed E-state index contributed by atoms with van der Waals surface area (Å²) in [7, 11) is 0. The fourth-order valence-electron chi connectivity index (χ4n) is 4.36. The van der Waals surface area contributed by atoms with E-state index in [0.29, 0.717) is 11.9 Å². The number of hydrogen-bond acceptors (Lipinski definition) is 7. The van der Waals surface area contributed by atoms with Crippen LogP contribution in [0.5, 0.6) is 0 Å². The summed E-state index contributed by atoms with van der Waals surface area (Å²) in [6.45, 7) is 17.1. The molecule has 1 unspecified atom stereocenters. The van der Waals surface area contributed by atoms with Crippen molar-refractivity contribution in [3.8, 4) is 0 Å². The molecule has 1 N–H and O–H groups in total. The van der Waals surface area contributed by atoms with E-state index in [1.54, 1.807) is 6.20 Å². The fraction of sp³-hybridized carbons (Fsp3) is 0.440. The first-order valence-electron chi connectivity index (χ1n) is 11.5. The lowest BCUT2D eigenvalue weighted by molar-refractivity contribution is 0.230. The van der Waals surface area contributed by atoms with Crippen molar-refractivity contribution in [3.05, 3.63) is 73.3 Å². The smallest absolute Gasteiger partial charge is 0.225 e. The van der Waals surface area contributed by atoms with E-state index in [9.17, 15) is 0 Å². The normalized spacial score (nSPS) is 18.0. The van der Waals surface area contributed by atoms with Gasteiger partial charge in [-0.1, -0.05) is 19.7 Å². The molecule has 1 atom stereocenters. The quantitative estimate of drug-likeness (QED) is 0.617. The molecule has 32 heavy (non-hydrogen) atoms. The van der Waals surface area contributed by atoms with Crippen LogP contribution in [0.3, 0.4) is 0 Å². The molecule has 0 aliphatic carbocycles. The van der Waals surface area contributed by atoms with Crippen LogP contribution in [0.4, 0.5) is 11.8 Å². The van der Waals surface area contributed by atoms with Crippen LogP contribution < -0.4 is 10.2 Å². The van der Waals surface area contributed by atoms with E-state index in [2.05, 4.69) is 61.7 Å². The third-order valence-corrected chi connectivity index (χ3v) is 6.44. The second-order valence-electron chi connectivity index (χ2n) is 8.69. The van der Waals surface area contributed by atoms with Crippen molar-refractivity contribution < 1.29 is 0 Å². The summed E-state index contributed by atoms with van der Waals surface area (Å²) in [5.74, 6) is 3.02. The molecule has 2 aliphatic rings. The Kier molecular flexibility index (Phi) is 6.83. The lowest BCUT2D eigenvalue weighted by Crippen LogP contribution is -2.33. The fourth-order valence-corrected chi connectivity index (χ4v) is 4.36. The van der Waals surface area contributed by atoms with Crippen molar-refractivity contribution >= 4 is 11.8 Å². The van der Waals surface area contributed by atoms with E-state index in [0.717, 1.165) is 80.3 Å². The minimum absolute atomic E-state index is 0.00855. The molecule has 7 nitrogen and oxygen atoms in total. The van der Waals surface area contributed by atoms with E-state index in [1.807, 2.05) is 24.5 Å². The van der Waals surface area contributed by atoms with Crippen molar-refractivity contribution in [1.29, 1.82) is 0 Å². The van der Waals surface area contributed by atoms with Crippen LogP contribution >= 0.6 is 0 Å². The molecule has 4 rings (SSSR count). The monoisotopic (exact) mass is 431 g/mol. The van der Waals surface area contributed by atoms with Crippen LogP contribution in [0.15, 0.2) is 61.9 Å². The molecule has 2 aliphatic heterocycles. The van der Waals surface area contributed by atoms with Crippen LogP contribution in [0.2, 0.25) is 0 Å². The van der Waals surface area contributed by atoms with Gasteiger partial charge in [0.2, 0.25) is 5.95 Å². The van der Waals surface area contributed by atoms with Crippen molar-refractivity contribution in [2.24, 2.45) is 5.92 Å². The SMILES string of the molecule is C=CC(=C)N1CCC(Cc2ncc(C(C)Nc3nccc(N4CCCC4=C)n3)cn2)CC1. The molecule has 2 aromatic heterocycles. The van der Waals surface area contributed by atoms with Crippen molar-refractivity contribution in [1.82, 2.24) is 24.8 Å². The Balaban J connectivity index is 1.32. The Morgan fingerprint density at radius 2 is 1.97 bits per heavy atom. The number of likely N-dealkylation sites (tertiary alicyclic amines) is 1. The van der Waals surface area contributed by atoms with Gasteiger partial charge < -0.3 is 15.1 Å². The molecule has 7 heteroatoms. The molecule has 2 fully saturated rings. The highest BCUT2D eigenvalue weighted by Crippen LogP contribution is 2.27. The third-order valence-electron chi connectivity index (χ3n) is 6.44. The van der Waals surface area contributed by atoms with Gasteiger partial charge in [-0.15, -0.1) is 0 Å². The maximum atomic E-state index is 4.68. The highest BCUT2D eigenvalue weighted by Gasteiger charge is 2.21. The van der Waals surface area contributed by atoms with Crippen LogP contribution in [-0.4, -0.2) is 44.5 Å². The van der Waals surface area contributed by atoms with Gasteiger partial charge in [0, 0.05) is 61.6 Å². The Bertz CT molecular complexity index is 961. The van der Waals surface area contributed by atoms with E-state index < -0.39 is 0 Å². The predicted octanol–water partition coefficient (Wildman–Crippen LogP) is 4.51. The Morgan fingerprint density at radius 1 is 1.22 bits per heavy atom. The highest BCUT2D eigenvalue weighted by atomic mass is 15.2. The van der Waals surface area contributed by atoms with Gasteiger partial charge in [0.15, 0.2) is 0 Å². The van der Waals surface area contributed by atoms with E-state index in [4.69, 9.17) is 0 Å². The summed E-state index contributed by atoms with van der Waals surface area (Å²) in [4.78, 5) is 22.8. The summed E-state index contributed by atoms with van der Waals surface area (Å²) in [5, 5.41) is 3.38. The topological polar surface area (TPSA) is 70.1 Å². The number of allylic oxidation sites excluding steroid dienone is 2. The van der Waals surface area contributed by atoms with E-state index >= 15 is 0 Å². The first-order chi connectivity index (χ1) is 15.5. The second-order valence-corrected chi connectivity index (χ2v) is 8.69. The summed E-state index contributed by atoms with van der Waals surface area (Å²) >= 11 is 0. The largest absolute Gasteiger partial charge is 0.372 e. The Hall–Kier alpha value is -3.22. The molecule has 0 saturated carbocycles. The standard InChI is InChI=1S/C25H33N7/c1-5-18(2)31-13-9-21(10-14-31)15-23-27-16-22(17-28-23)20(4)29-25-26-11-8-24(30-25)32-12-6-7-19(32)3/h5,8,11,16-17,20-21H,1-3,6-7,9-10,12-15H2,4H3,(H,26,29,30). The number of nitrogens with zero attached hydrogens (tertiary/aromatic N) is 6. The first kappa shape index (κ1) is 22.0. The summed E-state index contributed by atoms with van der Waals surface area (Å²) in [6.07, 6.45) is 12.8. The van der Waals surface area contributed by atoms with Gasteiger partial charge in [-0.2, -0.15) is 4.98 Å². The Morgan fingerprint density at radius 3 is 2.62 bits per heavy atom. The average molecular weight is 432 g/mol. The molecular weight excluding hydrogens is 398 g/mol. The van der Waals surface area contributed by atoms with Gasteiger partial charge in [-0.25, -0.2) is 15.0 Å². The van der Waals surface area contributed by atoms with Crippen LogP contribution in [-0.2, 0) is 6.42 Å². The van der Waals surface area contributed by atoms with Gasteiger partial charge in [0.05, 0.1) is 6.04 Å². The number of anilines is 2. The van der Waals surface area contributed by atoms with E-state index in [-0.39, 0.29) is 6.04 Å². The summed E-state index contributed by atoms with van der Waals surface area (Å²) in [5.41, 5.74) is 3.15. The van der Waals surface area contributed by atoms with Crippen LogP contribution in [0.25, 0.3) is 0 Å². The molecule has 0 radical (unpaired) electrons.